The molecule has 0 radical (unpaired) electrons. The Balaban J connectivity index is 1.63. The number of hydrogen-bond donors (Lipinski definition) is 1. The van der Waals surface area contributed by atoms with Gasteiger partial charge in [0.1, 0.15) is 11.3 Å². The van der Waals surface area contributed by atoms with Gasteiger partial charge in [-0.3, -0.25) is 4.98 Å². The lowest BCUT2D eigenvalue weighted by Gasteiger charge is -2.06. The van der Waals surface area contributed by atoms with Crippen LogP contribution in [0.5, 0.6) is 0 Å². The normalized spacial score (nSPS) is 11.3. The first-order chi connectivity index (χ1) is 14.5. The van der Waals surface area contributed by atoms with Gasteiger partial charge in [-0.05, 0) is 60.4 Å². The number of carbonyl (C=O) groups is 1. The molecule has 0 bridgehead atoms. The van der Waals surface area contributed by atoms with E-state index in [4.69, 9.17) is 4.42 Å². The van der Waals surface area contributed by atoms with Crippen LogP contribution in [0.25, 0.3) is 44.3 Å². The molecule has 3 aromatic carbocycles. The summed E-state index contributed by atoms with van der Waals surface area (Å²) in [6.45, 7) is 4.14. The van der Waals surface area contributed by atoms with Crippen molar-refractivity contribution in [2.45, 2.75) is 13.8 Å². The van der Waals surface area contributed by atoms with E-state index in [-0.39, 0.29) is 5.56 Å². The molecular weight excluding hydrogens is 374 g/mol. The number of carboxylic acid groups (broad SMARTS) is 1. The number of pyridine rings is 1. The van der Waals surface area contributed by atoms with Crippen LogP contribution in [0.3, 0.4) is 0 Å². The molecule has 0 fully saturated rings. The number of benzene rings is 3. The molecule has 0 aliphatic carbocycles. The maximum absolute atomic E-state index is 11.6. The fraction of sp³-hybridized carbons (Fsp3) is 0.0769. The number of fused-ring (bicyclic) bond motifs is 2. The standard InChI is InChI=1S/C26H19NO3/c1-15-7-8-16(2)25-22(15)11-19(14-27-25)24-13-18-10-9-17(12-23(18)30-24)20-5-3-4-6-21(20)26(28)29/h3-14H,1-2H3,(H,28,29). The van der Waals surface area contributed by atoms with E-state index in [1.807, 2.05) is 42.6 Å². The van der Waals surface area contributed by atoms with Gasteiger partial charge in [0.2, 0.25) is 0 Å². The van der Waals surface area contributed by atoms with Gasteiger partial charge in [0.15, 0.2) is 0 Å². The van der Waals surface area contributed by atoms with Crippen molar-refractivity contribution in [3.63, 3.8) is 0 Å². The summed E-state index contributed by atoms with van der Waals surface area (Å²) in [5.41, 5.74) is 6.70. The second kappa shape index (κ2) is 6.85. The molecule has 4 heteroatoms. The number of carboxylic acids is 1. The van der Waals surface area contributed by atoms with Gasteiger partial charge in [-0.2, -0.15) is 0 Å². The molecule has 0 saturated carbocycles. The number of aryl methyl sites for hydroxylation is 2. The first-order valence-corrected chi connectivity index (χ1v) is 9.74. The minimum absolute atomic E-state index is 0.271. The number of aromatic carboxylic acids is 1. The highest BCUT2D eigenvalue weighted by atomic mass is 16.4. The highest BCUT2D eigenvalue weighted by molar-refractivity contribution is 5.97. The summed E-state index contributed by atoms with van der Waals surface area (Å²) in [5.74, 6) is -0.206. The molecule has 146 valence electrons. The Morgan fingerprint density at radius 1 is 0.900 bits per heavy atom. The quantitative estimate of drug-likeness (QED) is 0.374. The maximum atomic E-state index is 11.6. The topological polar surface area (TPSA) is 63.3 Å². The Kier molecular flexibility index (Phi) is 4.14. The average Bonchev–Trinajstić information content (AvgIpc) is 3.19. The van der Waals surface area contributed by atoms with Crippen molar-refractivity contribution in [3.05, 3.63) is 89.6 Å². The molecule has 0 aliphatic rings. The van der Waals surface area contributed by atoms with Gasteiger partial charge >= 0.3 is 5.97 Å². The SMILES string of the molecule is Cc1ccc(C)c2ncc(-c3cc4ccc(-c5ccccc5C(=O)O)cc4o3)cc12. The van der Waals surface area contributed by atoms with E-state index in [0.717, 1.165) is 38.7 Å². The van der Waals surface area contributed by atoms with Crippen molar-refractivity contribution in [3.8, 4) is 22.5 Å². The molecule has 5 aromatic rings. The second-order valence-corrected chi connectivity index (χ2v) is 7.53. The van der Waals surface area contributed by atoms with E-state index in [9.17, 15) is 9.90 Å². The number of rotatable bonds is 3. The summed E-state index contributed by atoms with van der Waals surface area (Å²) in [6.07, 6.45) is 1.84. The number of hydrogen-bond acceptors (Lipinski definition) is 3. The molecular formula is C26H19NO3. The van der Waals surface area contributed by atoms with Crippen LogP contribution in [0.4, 0.5) is 0 Å². The Labute approximate surface area is 173 Å². The van der Waals surface area contributed by atoms with E-state index in [1.165, 1.54) is 5.56 Å². The largest absolute Gasteiger partial charge is 0.478 e. The fourth-order valence-electron chi connectivity index (χ4n) is 3.90. The van der Waals surface area contributed by atoms with Crippen molar-refractivity contribution in [2.24, 2.45) is 0 Å². The second-order valence-electron chi connectivity index (χ2n) is 7.53. The molecule has 5 rings (SSSR count). The predicted octanol–water partition coefficient (Wildman–Crippen LogP) is 6.63. The van der Waals surface area contributed by atoms with Crippen LogP contribution in [-0.4, -0.2) is 16.1 Å². The molecule has 0 spiro atoms. The molecule has 0 unspecified atom stereocenters. The van der Waals surface area contributed by atoms with E-state index in [2.05, 4.69) is 37.0 Å². The Morgan fingerprint density at radius 2 is 1.70 bits per heavy atom. The molecule has 30 heavy (non-hydrogen) atoms. The number of furan rings is 1. The van der Waals surface area contributed by atoms with Crippen molar-refractivity contribution < 1.29 is 14.3 Å². The van der Waals surface area contributed by atoms with Gasteiger partial charge in [-0.25, -0.2) is 4.79 Å². The summed E-state index contributed by atoms with van der Waals surface area (Å²) in [6, 6.07) is 21.1. The zero-order valence-corrected chi connectivity index (χ0v) is 16.6. The zero-order valence-electron chi connectivity index (χ0n) is 16.6. The van der Waals surface area contributed by atoms with Crippen LogP contribution in [0, 0.1) is 13.8 Å². The lowest BCUT2D eigenvalue weighted by atomic mass is 9.99. The van der Waals surface area contributed by atoms with Crippen LogP contribution < -0.4 is 0 Å². The average molecular weight is 393 g/mol. The third-order valence-corrected chi connectivity index (χ3v) is 5.54. The van der Waals surface area contributed by atoms with E-state index in [0.29, 0.717) is 11.1 Å². The summed E-state index contributed by atoms with van der Waals surface area (Å²) in [5, 5.41) is 11.6. The highest BCUT2D eigenvalue weighted by Crippen LogP contribution is 2.33. The van der Waals surface area contributed by atoms with Crippen LogP contribution in [-0.2, 0) is 0 Å². The smallest absolute Gasteiger partial charge is 0.336 e. The van der Waals surface area contributed by atoms with Crippen molar-refractivity contribution in [1.29, 1.82) is 0 Å². The van der Waals surface area contributed by atoms with Gasteiger partial charge < -0.3 is 9.52 Å². The van der Waals surface area contributed by atoms with Crippen molar-refractivity contribution in [1.82, 2.24) is 4.98 Å². The Hall–Kier alpha value is -3.92. The van der Waals surface area contributed by atoms with Crippen molar-refractivity contribution in [2.75, 3.05) is 0 Å². The summed E-state index contributed by atoms with van der Waals surface area (Å²) in [4.78, 5) is 16.2. The summed E-state index contributed by atoms with van der Waals surface area (Å²) >= 11 is 0. The number of aromatic nitrogens is 1. The molecule has 0 atom stereocenters. The molecule has 2 heterocycles. The van der Waals surface area contributed by atoms with Gasteiger partial charge in [-0.15, -0.1) is 0 Å². The maximum Gasteiger partial charge on any atom is 0.336 e. The summed E-state index contributed by atoms with van der Waals surface area (Å²) in [7, 11) is 0. The molecule has 4 nitrogen and oxygen atoms in total. The fourth-order valence-corrected chi connectivity index (χ4v) is 3.90. The van der Waals surface area contributed by atoms with Gasteiger partial charge in [0.25, 0.3) is 0 Å². The predicted molar refractivity (Wildman–Crippen MR) is 119 cm³/mol. The van der Waals surface area contributed by atoms with Crippen LogP contribution in [0.15, 0.2) is 77.3 Å². The summed E-state index contributed by atoms with van der Waals surface area (Å²) < 4.78 is 6.15. The molecule has 2 aromatic heterocycles. The first kappa shape index (κ1) is 18.1. The third kappa shape index (κ3) is 2.94. The van der Waals surface area contributed by atoms with Gasteiger partial charge in [-0.1, -0.05) is 42.5 Å². The monoisotopic (exact) mass is 393 g/mol. The minimum atomic E-state index is -0.946. The van der Waals surface area contributed by atoms with Gasteiger partial charge in [0, 0.05) is 22.5 Å². The highest BCUT2D eigenvalue weighted by Gasteiger charge is 2.14. The van der Waals surface area contributed by atoms with Gasteiger partial charge in [0.05, 0.1) is 11.1 Å². The molecule has 1 N–H and O–H groups in total. The lowest BCUT2D eigenvalue weighted by molar-refractivity contribution is 0.0697. The Bertz CT molecular complexity index is 1450. The van der Waals surface area contributed by atoms with E-state index in [1.54, 1.807) is 12.1 Å². The van der Waals surface area contributed by atoms with E-state index >= 15 is 0 Å². The van der Waals surface area contributed by atoms with Crippen LogP contribution in [0.2, 0.25) is 0 Å². The van der Waals surface area contributed by atoms with Crippen LogP contribution >= 0.6 is 0 Å². The number of nitrogens with zero attached hydrogens (tertiary/aromatic N) is 1. The lowest BCUT2D eigenvalue weighted by Crippen LogP contribution is -1.98. The van der Waals surface area contributed by atoms with Crippen LogP contribution in [0.1, 0.15) is 21.5 Å². The molecule has 0 amide bonds. The third-order valence-electron chi connectivity index (χ3n) is 5.54. The minimum Gasteiger partial charge on any atom is -0.478 e. The Morgan fingerprint density at radius 3 is 2.53 bits per heavy atom. The zero-order chi connectivity index (χ0) is 20.8. The van der Waals surface area contributed by atoms with E-state index < -0.39 is 5.97 Å². The first-order valence-electron chi connectivity index (χ1n) is 9.74. The molecule has 0 aliphatic heterocycles. The molecule has 0 saturated heterocycles. The van der Waals surface area contributed by atoms with Crippen molar-refractivity contribution >= 4 is 27.8 Å².